The van der Waals surface area contributed by atoms with Gasteiger partial charge in [0.1, 0.15) is 0 Å². The first-order chi connectivity index (χ1) is 12.0. The topological polar surface area (TPSA) is 85.8 Å². The van der Waals surface area contributed by atoms with E-state index in [-0.39, 0.29) is 12.3 Å². The lowest BCUT2D eigenvalue weighted by Crippen LogP contribution is -2.47. The molecule has 0 radical (unpaired) electrons. The van der Waals surface area contributed by atoms with E-state index in [4.69, 9.17) is 0 Å². The molecule has 0 aliphatic carbocycles. The van der Waals surface area contributed by atoms with Gasteiger partial charge in [0.05, 0.1) is 16.1 Å². The highest BCUT2D eigenvalue weighted by molar-refractivity contribution is 7.22. The van der Waals surface area contributed by atoms with Crippen molar-refractivity contribution in [3.8, 4) is 0 Å². The van der Waals surface area contributed by atoms with E-state index >= 15 is 0 Å². The molecule has 0 unspecified atom stereocenters. The number of anilines is 1. The number of hydrogen-bond donors (Lipinski definition) is 2. The van der Waals surface area contributed by atoms with E-state index in [9.17, 15) is 14.7 Å². The number of fused-ring (bicyclic) bond motifs is 1. The number of nitrogens with zero attached hydrogens (tertiary/aromatic N) is 3. The molecule has 7 nitrogen and oxygen atoms in total. The molecule has 3 rings (SSSR count). The number of aliphatic carboxylic acids is 1. The van der Waals surface area contributed by atoms with E-state index in [0.29, 0.717) is 11.7 Å². The minimum absolute atomic E-state index is 0.0440. The summed E-state index contributed by atoms with van der Waals surface area (Å²) < 4.78 is 0.991. The number of benzene rings is 1. The number of thiazole rings is 1. The number of rotatable bonds is 6. The van der Waals surface area contributed by atoms with Gasteiger partial charge < -0.3 is 15.3 Å². The number of piperazine rings is 1. The van der Waals surface area contributed by atoms with Crippen LogP contribution >= 0.6 is 11.3 Å². The third-order valence-electron chi connectivity index (χ3n) is 4.40. The molecule has 1 aromatic carbocycles. The quantitative estimate of drug-likeness (QED) is 0.811. The highest BCUT2D eigenvalue weighted by Crippen LogP contribution is 2.25. The predicted molar refractivity (Wildman–Crippen MR) is 97.9 cm³/mol. The number of amides is 1. The second kappa shape index (κ2) is 7.90. The van der Waals surface area contributed by atoms with Crippen LogP contribution in [0.4, 0.5) is 5.13 Å². The summed E-state index contributed by atoms with van der Waals surface area (Å²) in [5, 5.41) is 12.7. The van der Waals surface area contributed by atoms with Gasteiger partial charge in [-0.15, -0.1) is 0 Å². The SMILES string of the molecule is CN1CCN(C[C@@H](CC(=O)Nc2nc3ccccc3s2)C(=O)O)CC1. The maximum absolute atomic E-state index is 12.3. The predicted octanol–water partition coefficient (Wildman–Crippen LogP) is 1.57. The average Bonchev–Trinajstić information content (AvgIpc) is 2.98. The highest BCUT2D eigenvalue weighted by Gasteiger charge is 2.26. The lowest BCUT2D eigenvalue weighted by molar-refractivity contribution is -0.144. The number of hydrogen-bond acceptors (Lipinski definition) is 6. The van der Waals surface area contributed by atoms with Gasteiger partial charge in [0.25, 0.3) is 0 Å². The Bertz CT molecular complexity index is 722. The van der Waals surface area contributed by atoms with Crippen molar-refractivity contribution >= 4 is 38.6 Å². The molecule has 1 aliphatic heterocycles. The first kappa shape index (κ1) is 17.8. The maximum atomic E-state index is 12.3. The second-order valence-corrected chi connectivity index (χ2v) is 7.41. The van der Waals surface area contributed by atoms with Crippen LogP contribution in [0.2, 0.25) is 0 Å². The molecule has 1 atom stereocenters. The lowest BCUT2D eigenvalue weighted by Gasteiger charge is -2.33. The maximum Gasteiger partial charge on any atom is 0.308 e. The van der Waals surface area contributed by atoms with E-state index in [1.54, 1.807) is 0 Å². The zero-order chi connectivity index (χ0) is 17.8. The first-order valence-corrected chi connectivity index (χ1v) is 9.12. The van der Waals surface area contributed by atoms with Crippen LogP contribution in [-0.2, 0) is 9.59 Å². The molecule has 134 valence electrons. The van der Waals surface area contributed by atoms with Gasteiger partial charge in [-0.3, -0.25) is 14.5 Å². The van der Waals surface area contributed by atoms with Crippen LogP contribution in [-0.4, -0.2) is 71.5 Å². The molecule has 2 heterocycles. The van der Waals surface area contributed by atoms with Crippen LogP contribution in [0.3, 0.4) is 0 Å². The Morgan fingerprint density at radius 3 is 2.68 bits per heavy atom. The summed E-state index contributed by atoms with van der Waals surface area (Å²) in [5.41, 5.74) is 0.829. The first-order valence-electron chi connectivity index (χ1n) is 8.30. The van der Waals surface area contributed by atoms with Crippen molar-refractivity contribution in [1.29, 1.82) is 0 Å². The van der Waals surface area contributed by atoms with Gasteiger partial charge in [-0.25, -0.2) is 4.98 Å². The fourth-order valence-electron chi connectivity index (χ4n) is 2.89. The van der Waals surface area contributed by atoms with Crippen molar-refractivity contribution in [1.82, 2.24) is 14.8 Å². The normalized spacial score (nSPS) is 17.5. The minimum atomic E-state index is -0.932. The molecule has 25 heavy (non-hydrogen) atoms. The van der Waals surface area contributed by atoms with Gasteiger partial charge in [-0.05, 0) is 19.2 Å². The standard InChI is InChI=1S/C17H22N4O3S/c1-20-6-8-21(9-7-20)11-12(16(23)24)10-15(22)19-17-18-13-4-2-3-5-14(13)25-17/h2-5,12H,6-11H2,1H3,(H,23,24)(H,18,19,22)/t12-/m1/s1. The molecule has 8 heteroatoms. The van der Waals surface area contributed by atoms with E-state index in [2.05, 4.69) is 27.1 Å². The van der Waals surface area contributed by atoms with Crippen LogP contribution in [0.1, 0.15) is 6.42 Å². The largest absolute Gasteiger partial charge is 0.481 e. The Labute approximate surface area is 150 Å². The van der Waals surface area contributed by atoms with Crippen LogP contribution in [0, 0.1) is 5.92 Å². The summed E-state index contributed by atoms with van der Waals surface area (Å²) in [6, 6.07) is 7.64. The summed E-state index contributed by atoms with van der Waals surface area (Å²) in [5.74, 6) is -1.95. The summed E-state index contributed by atoms with van der Waals surface area (Å²) in [6.45, 7) is 3.91. The molecular formula is C17H22N4O3S. The van der Waals surface area contributed by atoms with Gasteiger partial charge in [0.2, 0.25) is 5.91 Å². The van der Waals surface area contributed by atoms with E-state index < -0.39 is 11.9 Å². The third-order valence-corrected chi connectivity index (χ3v) is 5.35. The number of carboxylic acids is 1. The molecule has 2 N–H and O–H groups in total. The van der Waals surface area contributed by atoms with Crippen molar-refractivity contribution in [2.45, 2.75) is 6.42 Å². The Morgan fingerprint density at radius 1 is 1.28 bits per heavy atom. The molecule has 0 bridgehead atoms. The number of aromatic nitrogens is 1. The molecule has 1 aliphatic rings. The van der Waals surface area contributed by atoms with E-state index in [0.717, 1.165) is 36.4 Å². The molecule has 0 spiro atoms. The molecule has 1 aromatic heterocycles. The zero-order valence-electron chi connectivity index (χ0n) is 14.1. The van der Waals surface area contributed by atoms with Gasteiger partial charge in [0, 0.05) is 39.1 Å². The third kappa shape index (κ3) is 4.75. The van der Waals surface area contributed by atoms with Gasteiger partial charge in [-0.2, -0.15) is 0 Å². The van der Waals surface area contributed by atoms with Crippen LogP contribution in [0.25, 0.3) is 10.2 Å². The monoisotopic (exact) mass is 362 g/mol. The molecular weight excluding hydrogens is 340 g/mol. The van der Waals surface area contributed by atoms with Crippen molar-refractivity contribution in [2.24, 2.45) is 5.92 Å². The molecule has 1 amide bonds. The number of para-hydroxylation sites is 1. The second-order valence-electron chi connectivity index (χ2n) is 6.38. The minimum Gasteiger partial charge on any atom is -0.481 e. The van der Waals surface area contributed by atoms with Crippen molar-refractivity contribution < 1.29 is 14.7 Å². The summed E-state index contributed by atoms with van der Waals surface area (Å²) >= 11 is 1.39. The van der Waals surface area contributed by atoms with Crippen LogP contribution in [0.5, 0.6) is 0 Å². The number of likely N-dealkylation sites (N-methyl/N-ethyl adjacent to an activating group) is 1. The van der Waals surface area contributed by atoms with Crippen LogP contribution < -0.4 is 5.32 Å². The Hall–Kier alpha value is -2.03. The lowest BCUT2D eigenvalue weighted by atomic mass is 10.0. The molecule has 0 saturated carbocycles. The highest BCUT2D eigenvalue weighted by atomic mass is 32.1. The fourth-order valence-corrected chi connectivity index (χ4v) is 3.77. The average molecular weight is 362 g/mol. The smallest absolute Gasteiger partial charge is 0.308 e. The number of carbonyl (C=O) groups is 2. The van der Waals surface area contributed by atoms with Crippen molar-refractivity contribution in [3.05, 3.63) is 24.3 Å². The summed E-state index contributed by atoms with van der Waals surface area (Å²) in [6.07, 6.45) is -0.0440. The van der Waals surface area contributed by atoms with Gasteiger partial charge in [-0.1, -0.05) is 23.5 Å². The zero-order valence-corrected chi connectivity index (χ0v) is 15.0. The van der Waals surface area contributed by atoms with E-state index in [1.165, 1.54) is 11.3 Å². The van der Waals surface area contributed by atoms with Crippen molar-refractivity contribution in [3.63, 3.8) is 0 Å². The van der Waals surface area contributed by atoms with Gasteiger partial charge in [0.15, 0.2) is 5.13 Å². The Morgan fingerprint density at radius 2 is 2.00 bits per heavy atom. The summed E-state index contributed by atoms with van der Waals surface area (Å²) in [4.78, 5) is 32.5. The van der Waals surface area contributed by atoms with E-state index in [1.807, 2.05) is 24.3 Å². The van der Waals surface area contributed by atoms with Crippen molar-refractivity contribution in [2.75, 3.05) is 45.1 Å². The molecule has 1 saturated heterocycles. The fraction of sp³-hybridized carbons (Fsp3) is 0.471. The Balaban J connectivity index is 1.57. The Kier molecular flexibility index (Phi) is 5.62. The number of carboxylic acid groups (broad SMARTS) is 1. The molecule has 1 fully saturated rings. The molecule has 2 aromatic rings. The number of nitrogens with one attached hydrogen (secondary N) is 1. The number of carbonyl (C=O) groups excluding carboxylic acids is 1. The van der Waals surface area contributed by atoms with Gasteiger partial charge >= 0.3 is 5.97 Å². The van der Waals surface area contributed by atoms with Crippen LogP contribution in [0.15, 0.2) is 24.3 Å². The summed E-state index contributed by atoms with van der Waals surface area (Å²) in [7, 11) is 2.05.